The third kappa shape index (κ3) is 4.52. The molecule has 4 aromatic rings. The first kappa shape index (κ1) is 21.7. The fourth-order valence-corrected chi connectivity index (χ4v) is 5.01. The average Bonchev–Trinajstić information content (AvgIpc) is 3.31. The van der Waals surface area contributed by atoms with Gasteiger partial charge in [-0.1, -0.05) is 67.5 Å². The van der Waals surface area contributed by atoms with Crippen LogP contribution < -0.4 is 5.32 Å². The molecule has 1 atom stereocenters. The minimum Gasteiger partial charge on any atom is -0.382 e. The predicted octanol–water partition coefficient (Wildman–Crippen LogP) is 7.73. The highest BCUT2D eigenvalue weighted by Crippen LogP contribution is 2.37. The van der Waals surface area contributed by atoms with Crippen molar-refractivity contribution in [1.29, 1.82) is 0 Å². The highest BCUT2D eigenvalue weighted by atomic mass is 16.5. The normalized spacial score (nSPS) is 17.2. The van der Waals surface area contributed by atoms with E-state index >= 15 is 0 Å². The molecule has 1 N–H and O–H groups in total. The molecule has 33 heavy (non-hydrogen) atoms. The molecule has 1 aromatic heterocycles. The lowest BCUT2D eigenvalue weighted by atomic mass is 9.75. The molecule has 170 valence electrons. The summed E-state index contributed by atoms with van der Waals surface area (Å²) in [6.45, 7) is 8.99. The van der Waals surface area contributed by atoms with Crippen molar-refractivity contribution in [3.63, 3.8) is 0 Å². The Bertz CT molecular complexity index is 1260. The highest BCUT2D eigenvalue weighted by molar-refractivity contribution is 5.86. The Balaban J connectivity index is 1.39. The average molecular weight is 440 g/mol. The SMILES string of the molecule is Cc1ccc(NC2CCC(C)(C)CC2)cc1-c1noc(C(C)c2cccc3ccccc23)n1. The van der Waals surface area contributed by atoms with Crippen LogP contribution in [-0.4, -0.2) is 16.2 Å². The number of nitrogens with zero attached hydrogens (tertiary/aromatic N) is 2. The van der Waals surface area contributed by atoms with Gasteiger partial charge in [-0.05, 0) is 79.0 Å². The van der Waals surface area contributed by atoms with Crippen molar-refractivity contribution in [2.75, 3.05) is 5.32 Å². The van der Waals surface area contributed by atoms with Crippen LogP contribution in [0.15, 0.2) is 65.2 Å². The summed E-state index contributed by atoms with van der Waals surface area (Å²) in [5, 5.41) is 10.6. The van der Waals surface area contributed by atoms with E-state index in [9.17, 15) is 0 Å². The van der Waals surface area contributed by atoms with Crippen molar-refractivity contribution in [3.8, 4) is 11.4 Å². The summed E-state index contributed by atoms with van der Waals surface area (Å²) in [6.07, 6.45) is 4.96. The number of aryl methyl sites for hydroxylation is 1. The van der Waals surface area contributed by atoms with Gasteiger partial charge in [0.2, 0.25) is 11.7 Å². The maximum atomic E-state index is 5.77. The molecule has 0 bridgehead atoms. The smallest absolute Gasteiger partial charge is 0.234 e. The predicted molar refractivity (Wildman–Crippen MR) is 136 cm³/mol. The first-order valence-electron chi connectivity index (χ1n) is 12.1. The van der Waals surface area contributed by atoms with Crippen LogP contribution in [0, 0.1) is 12.3 Å². The monoisotopic (exact) mass is 439 g/mol. The molecule has 1 aliphatic rings. The topological polar surface area (TPSA) is 51.0 Å². The summed E-state index contributed by atoms with van der Waals surface area (Å²) < 4.78 is 5.77. The minimum atomic E-state index is 0.0181. The van der Waals surface area contributed by atoms with Crippen molar-refractivity contribution in [2.24, 2.45) is 5.41 Å². The van der Waals surface area contributed by atoms with Crippen molar-refractivity contribution < 1.29 is 4.52 Å². The van der Waals surface area contributed by atoms with E-state index < -0.39 is 0 Å². The Morgan fingerprint density at radius 2 is 1.76 bits per heavy atom. The van der Waals surface area contributed by atoms with Gasteiger partial charge < -0.3 is 9.84 Å². The van der Waals surface area contributed by atoms with Crippen molar-refractivity contribution in [3.05, 3.63) is 77.7 Å². The van der Waals surface area contributed by atoms with Gasteiger partial charge in [-0.2, -0.15) is 4.98 Å². The largest absolute Gasteiger partial charge is 0.382 e. The number of nitrogens with one attached hydrogen (secondary N) is 1. The van der Waals surface area contributed by atoms with Gasteiger partial charge in [0.1, 0.15) is 0 Å². The van der Waals surface area contributed by atoms with E-state index in [2.05, 4.69) is 98.8 Å². The first-order valence-corrected chi connectivity index (χ1v) is 12.1. The summed E-state index contributed by atoms with van der Waals surface area (Å²) in [5.41, 5.74) is 4.98. The van der Waals surface area contributed by atoms with Gasteiger partial charge in [-0.25, -0.2) is 0 Å². The summed E-state index contributed by atoms with van der Waals surface area (Å²) in [5.74, 6) is 1.32. The van der Waals surface area contributed by atoms with Gasteiger partial charge >= 0.3 is 0 Å². The third-order valence-corrected chi connectivity index (χ3v) is 7.29. The molecule has 1 heterocycles. The summed E-state index contributed by atoms with van der Waals surface area (Å²) in [4.78, 5) is 4.83. The number of rotatable bonds is 5. The van der Waals surface area contributed by atoms with E-state index in [4.69, 9.17) is 9.51 Å². The molecule has 0 aliphatic heterocycles. The molecule has 1 aliphatic carbocycles. The van der Waals surface area contributed by atoms with Crippen molar-refractivity contribution in [2.45, 2.75) is 65.3 Å². The number of hydrogen-bond donors (Lipinski definition) is 1. The number of anilines is 1. The number of aromatic nitrogens is 2. The molecule has 0 spiro atoms. The van der Waals surface area contributed by atoms with Crippen LogP contribution in [0.4, 0.5) is 5.69 Å². The molecular weight excluding hydrogens is 406 g/mol. The van der Waals surface area contributed by atoms with E-state index in [0.717, 1.165) is 16.8 Å². The van der Waals surface area contributed by atoms with E-state index in [-0.39, 0.29) is 5.92 Å². The molecular formula is C29H33N3O. The van der Waals surface area contributed by atoms with Gasteiger partial charge in [0.05, 0.1) is 5.92 Å². The van der Waals surface area contributed by atoms with Crippen LogP contribution in [0.25, 0.3) is 22.2 Å². The van der Waals surface area contributed by atoms with E-state index in [1.807, 2.05) is 0 Å². The fraction of sp³-hybridized carbons (Fsp3) is 0.379. The molecule has 0 amide bonds. The van der Waals surface area contributed by atoms with Gasteiger partial charge in [0.15, 0.2) is 0 Å². The van der Waals surface area contributed by atoms with Gasteiger partial charge in [0, 0.05) is 17.3 Å². The Morgan fingerprint density at radius 3 is 2.58 bits per heavy atom. The lowest BCUT2D eigenvalue weighted by molar-refractivity contribution is 0.232. The zero-order valence-electron chi connectivity index (χ0n) is 20.1. The van der Waals surface area contributed by atoms with Gasteiger partial charge in [0.25, 0.3) is 0 Å². The van der Waals surface area contributed by atoms with Crippen molar-refractivity contribution >= 4 is 16.5 Å². The molecule has 3 aromatic carbocycles. The number of hydrogen-bond acceptors (Lipinski definition) is 4. The van der Waals surface area contributed by atoms with Crippen molar-refractivity contribution in [1.82, 2.24) is 10.1 Å². The molecule has 1 fully saturated rings. The van der Waals surface area contributed by atoms with Crippen LogP contribution in [-0.2, 0) is 0 Å². The molecule has 4 heteroatoms. The molecule has 4 nitrogen and oxygen atoms in total. The molecule has 0 saturated heterocycles. The van der Waals surface area contributed by atoms with E-state index in [1.54, 1.807) is 0 Å². The second-order valence-corrected chi connectivity index (χ2v) is 10.4. The first-order chi connectivity index (χ1) is 15.9. The zero-order chi connectivity index (χ0) is 23.0. The second kappa shape index (κ2) is 8.66. The standard InChI is InChI=1S/C29H33N3O/c1-19-12-13-23(30-22-14-16-29(3,4)17-15-22)18-26(19)27-31-28(33-32-27)20(2)24-11-7-9-21-8-5-6-10-25(21)24/h5-13,18,20,22,30H,14-17H2,1-4H3. The van der Waals surface area contributed by atoms with Gasteiger partial charge in [-0.3, -0.25) is 0 Å². The quantitative estimate of drug-likeness (QED) is 0.346. The fourth-order valence-electron chi connectivity index (χ4n) is 5.01. The molecule has 1 saturated carbocycles. The minimum absolute atomic E-state index is 0.0181. The highest BCUT2D eigenvalue weighted by Gasteiger charge is 2.27. The van der Waals surface area contributed by atoms with Gasteiger partial charge in [-0.15, -0.1) is 0 Å². The summed E-state index contributed by atoms with van der Waals surface area (Å²) in [7, 11) is 0. The maximum Gasteiger partial charge on any atom is 0.234 e. The lowest BCUT2D eigenvalue weighted by Gasteiger charge is -2.35. The van der Waals surface area contributed by atoms with Crippen LogP contribution in [0.3, 0.4) is 0 Å². The molecule has 5 rings (SSSR count). The second-order valence-electron chi connectivity index (χ2n) is 10.4. The maximum absolute atomic E-state index is 5.77. The van der Waals surface area contributed by atoms with E-state index in [1.165, 1.54) is 42.0 Å². The van der Waals surface area contributed by atoms with E-state index in [0.29, 0.717) is 23.2 Å². The summed E-state index contributed by atoms with van der Waals surface area (Å²) in [6, 6.07) is 21.8. The molecule has 0 radical (unpaired) electrons. The lowest BCUT2D eigenvalue weighted by Crippen LogP contribution is -2.29. The Morgan fingerprint density at radius 1 is 1.00 bits per heavy atom. The Kier molecular flexibility index (Phi) is 5.69. The molecule has 1 unspecified atom stereocenters. The van der Waals surface area contributed by atoms with Crippen LogP contribution in [0.5, 0.6) is 0 Å². The number of fused-ring (bicyclic) bond motifs is 1. The zero-order valence-corrected chi connectivity index (χ0v) is 20.1. The Labute approximate surface area is 196 Å². The third-order valence-electron chi connectivity index (χ3n) is 7.29. The van der Waals surface area contributed by atoms with Crippen LogP contribution >= 0.6 is 0 Å². The Hall–Kier alpha value is -3.14. The number of benzene rings is 3. The van der Waals surface area contributed by atoms with Crippen LogP contribution in [0.2, 0.25) is 0 Å². The van der Waals surface area contributed by atoms with Crippen LogP contribution in [0.1, 0.15) is 69.4 Å². The summed E-state index contributed by atoms with van der Waals surface area (Å²) >= 11 is 0.